The van der Waals surface area contributed by atoms with Gasteiger partial charge in [0.15, 0.2) is 0 Å². The van der Waals surface area contributed by atoms with Crippen LogP contribution in [0, 0.1) is 5.41 Å². The molecule has 0 aliphatic carbocycles. The first-order chi connectivity index (χ1) is 7.78. The minimum atomic E-state index is 0.354. The van der Waals surface area contributed by atoms with E-state index in [0.717, 1.165) is 6.04 Å². The van der Waals surface area contributed by atoms with Gasteiger partial charge < -0.3 is 0 Å². The summed E-state index contributed by atoms with van der Waals surface area (Å²) in [4.78, 5) is 5.44. The summed E-state index contributed by atoms with van der Waals surface area (Å²) in [5.41, 5.74) is 0.781. The van der Waals surface area contributed by atoms with Crippen LogP contribution in [0.25, 0.3) is 0 Å². The third-order valence-electron chi connectivity index (χ3n) is 4.41. The molecule has 0 aromatic heterocycles. The lowest BCUT2D eigenvalue weighted by Crippen LogP contribution is -2.57. The first-order valence-electron chi connectivity index (χ1n) is 7.27. The van der Waals surface area contributed by atoms with Gasteiger partial charge in [0, 0.05) is 31.2 Å². The van der Waals surface area contributed by atoms with Crippen molar-refractivity contribution in [2.75, 3.05) is 26.2 Å². The zero-order valence-corrected chi connectivity index (χ0v) is 12.4. The summed E-state index contributed by atoms with van der Waals surface area (Å²) in [5.74, 6) is 0. The van der Waals surface area contributed by atoms with Gasteiger partial charge in [0.25, 0.3) is 0 Å². The number of hydrogen-bond donors (Lipinski definition) is 0. The highest BCUT2D eigenvalue weighted by Crippen LogP contribution is 2.34. The van der Waals surface area contributed by atoms with E-state index >= 15 is 0 Å². The predicted octanol–water partition coefficient (Wildman–Crippen LogP) is 2.98. The Balaban J connectivity index is 1.97. The van der Waals surface area contributed by atoms with Crippen molar-refractivity contribution < 1.29 is 0 Å². The Kier molecular flexibility index (Phi) is 3.57. The highest BCUT2D eigenvalue weighted by molar-refractivity contribution is 4.94. The van der Waals surface area contributed by atoms with Crippen molar-refractivity contribution in [1.29, 1.82) is 0 Å². The summed E-state index contributed by atoms with van der Waals surface area (Å²) >= 11 is 0. The van der Waals surface area contributed by atoms with Crippen molar-refractivity contribution in [1.82, 2.24) is 9.80 Å². The topological polar surface area (TPSA) is 6.48 Å². The summed E-state index contributed by atoms with van der Waals surface area (Å²) in [6, 6.07) is 0.850. The lowest BCUT2D eigenvalue weighted by molar-refractivity contribution is 0.0120. The Bertz CT molecular complexity index is 265. The molecule has 0 saturated carbocycles. The number of fused-ring (bicyclic) bond motifs is 1. The van der Waals surface area contributed by atoms with E-state index in [9.17, 15) is 0 Å². The van der Waals surface area contributed by atoms with Crippen LogP contribution in [-0.4, -0.2) is 47.6 Å². The molecule has 2 aliphatic heterocycles. The maximum Gasteiger partial charge on any atom is 0.0224 e. The molecule has 0 radical (unpaired) electrons. The van der Waals surface area contributed by atoms with Crippen LogP contribution in [-0.2, 0) is 0 Å². The van der Waals surface area contributed by atoms with Crippen LogP contribution in [0.3, 0.4) is 0 Å². The van der Waals surface area contributed by atoms with Crippen molar-refractivity contribution in [3.63, 3.8) is 0 Å². The molecule has 2 heteroatoms. The Labute approximate surface area is 107 Å². The molecule has 0 bridgehead atoms. The molecule has 0 aromatic carbocycles. The molecule has 100 valence electrons. The monoisotopic (exact) mass is 238 g/mol. The fourth-order valence-electron chi connectivity index (χ4n) is 3.95. The summed E-state index contributed by atoms with van der Waals surface area (Å²) in [7, 11) is 0. The van der Waals surface area contributed by atoms with Gasteiger partial charge >= 0.3 is 0 Å². The highest BCUT2D eigenvalue weighted by Gasteiger charge is 2.38. The van der Waals surface area contributed by atoms with E-state index in [4.69, 9.17) is 0 Å². The Morgan fingerprint density at radius 3 is 2.35 bits per heavy atom. The van der Waals surface area contributed by atoms with E-state index in [0.29, 0.717) is 11.0 Å². The van der Waals surface area contributed by atoms with Crippen LogP contribution in [0.1, 0.15) is 53.9 Å². The maximum absolute atomic E-state index is 2.74. The van der Waals surface area contributed by atoms with E-state index in [1.165, 1.54) is 45.4 Å². The number of nitrogens with zero attached hydrogens (tertiary/aromatic N) is 2. The molecule has 1 unspecified atom stereocenters. The molecule has 2 fully saturated rings. The van der Waals surface area contributed by atoms with Gasteiger partial charge in [-0.1, -0.05) is 20.8 Å². The Hall–Kier alpha value is -0.0800. The van der Waals surface area contributed by atoms with Crippen molar-refractivity contribution >= 4 is 0 Å². The van der Waals surface area contributed by atoms with Crippen LogP contribution in [0.2, 0.25) is 0 Å². The standard InChI is InChI=1S/C15H30N2/c1-14(2,3)12-15(4,5)17-10-9-16-8-6-7-13(16)11-17/h13H,6-12H2,1-5H3. The van der Waals surface area contributed by atoms with Crippen molar-refractivity contribution in [2.45, 2.75) is 65.5 Å². The van der Waals surface area contributed by atoms with E-state index in [-0.39, 0.29) is 0 Å². The first-order valence-corrected chi connectivity index (χ1v) is 7.27. The average Bonchev–Trinajstić information content (AvgIpc) is 2.59. The number of hydrogen-bond acceptors (Lipinski definition) is 2. The van der Waals surface area contributed by atoms with Gasteiger partial charge in [-0.3, -0.25) is 9.80 Å². The van der Waals surface area contributed by atoms with Crippen LogP contribution < -0.4 is 0 Å². The molecule has 2 heterocycles. The number of piperazine rings is 1. The summed E-state index contributed by atoms with van der Waals surface area (Å²) in [5, 5.41) is 0. The molecular weight excluding hydrogens is 208 g/mol. The molecule has 1 atom stereocenters. The van der Waals surface area contributed by atoms with Gasteiger partial charge in [-0.25, -0.2) is 0 Å². The Morgan fingerprint density at radius 2 is 1.71 bits per heavy atom. The molecule has 0 amide bonds. The van der Waals surface area contributed by atoms with Gasteiger partial charge in [-0.2, -0.15) is 0 Å². The lowest BCUT2D eigenvalue weighted by atomic mass is 9.80. The molecule has 2 nitrogen and oxygen atoms in total. The fourth-order valence-corrected chi connectivity index (χ4v) is 3.95. The second kappa shape index (κ2) is 4.55. The third-order valence-corrected chi connectivity index (χ3v) is 4.41. The molecular formula is C15H30N2. The van der Waals surface area contributed by atoms with Gasteiger partial charge in [0.1, 0.15) is 0 Å². The number of rotatable bonds is 2. The fraction of sp³-hybridized carbons (Fsp3) is 1.00. The average molecular weight is 238 g/mol. The molecule has 17 heavy (non-hydrogen) atoms. The second-order valence-corrected chi connectivity index (χ2v) is 7.83. The molecule has 0 spiro atoms. The zero-order valence-electron chi connectivity index (χ0n) is 12.4. The minimum Gasteiger partial charge on any atom is -0.298 e. The zero-order chi connectivity index (χ0) is 12.7. The maximum atomic E-state index is 2.74. The summed E-state index contributed by atoms with van der Waals surface area (Å²) in [6.45, 7) is 17.1. The van der Waals surface area contributed by atoms with E-state index in [2.05, 4.69) is 44.4 Å². The van der Waals surface area contributed by atoms with Gasteiger partial charge in [-0.15, -0.1) is 0 Å². The normalized spacial score (nSPS) is 28.4. The quantitative estimate of drug-likeness (QED) is 0.730. The van der Waals surface area contributed by atoms with E-state index in [1.54, 1.807) is 0 Å². The van der Waals surface area contributed by atoms with Crippen LogP contribution in [0.15, 0.2) is 0 Å². The van der Waals surface area contributed by atoms with Crippen molar-refractivity contribution in [3.05, 3.63) is 0 Å². The third kappa shape index (κ3) is 3.23. The largest absolute Gasteiger partial charge is 0.298 e. The van der Waals surface area contributed by atoms with E-state index in [1.807, 2.05) is 0 Å². The molecule has 0 aromatic rings. The van der Waals surface area contributed by atoms with E-state index < -0.39 is 0 Å². The minimum absolute atomic E-state index is 0.354. The molecule has 2 saturated heterocycles. The van der Waals surface area contributed by atoms with Crippen LogP contribution in [0.5, 0.6) is 0 Å². The van der Waals surface area contributed by atoms with Crippen LogP contribution in [0.4, 0.5) is 0 Å². The lowest BCUT2D eigenvalue weighted by Gasteiger charge is -2.48. The van der Waals surface area contributed by atoms with Gasteiger partial charge in [0.05, 0.1) is 0 Å². The SMILES string of the molecule is CC(C)(C)CC(C)(C)N1CCN2CCCC2C1. The summed E-state index contributed by atoms with van der Waals surface area (Å²) in [6.07, 6.45) is 4.12. The van der Waals surface area contributed by atoms with Crippen molar-refractivity contribution in [3.8, 4) is 0 Å². The molecule has 2 rings (SSSR count). The Morgan fingerprint density at radius 1 is 1.00 bits per heavy atom. The molecule has 2 aliphatic rings. The van der Waals surface area contributed by atoms with Crippen molar-refractivity contribution in [2.24, 2.45) is 5.41 Å². The van der Waals surface area contributed by atoms with Gasteiger partial charge in [-0.05, 0) is 45.1 Å². The van der Waals surface area contributed by atoms with Gasteiger partial charge in [0.2, 0.25) is 0 Å². The van der Waals surface area contributed by atoms with Crippen LogP contribution >= 0.6 is 0 Å². The smallest absolute Gasteiger partial charge is 0.0224 e. The first kappa shape index (κ1) is 13.4. The predicted molar refractivity (Wildman–Crippen MR) is 74.3 cm³/mol. The highest BCUT2D eigenvalue weighted by atomic mass is 15.3. The second-order valence-electron chi connectivity index (χ2n) is 7.83. The molecule has 0 N–H and O–H groups in total. The summed E-state index contributed by atoms with van der Waals surface area (Å²) < 4.78 is 0.